The molecule has 4 rings (SSSR count). The lowest BCUT2D eigenvalue weighted by Gasteiger charge is -2.39. The zero-order chi connectivity index (χ0) is 15.3. The minimum atomic E-state index is 0.113. The number of likely N-dealkylation sites (tertiary alicyclic amines) is 1. The predicted octanol–water partition coefficient (Wildman–Crippen LogP) is 2.47. The molecule has 1 aromatic carbocycles. The molecule has 1 saturated heterocycles. The number of aromatic nitrogens is 3. The number of amides is 1. The van der Waals surface area contributed by atoms with Crippen LogP contribution in [-0.4, -0.2) is 38.9 Å². The maximum Gasteiger partial charge on any atom is 0.254 e. The second kappa shape index (κ2) is 4.93. The number of carbonyl (C=O) groups is 1. The Morgan fingerprint density at radius 3 is 2.64 bits per heavy atom. The second-order valence-electron chi connectivity index (χ2n) is 6.56. The summed E-state index contributed by atoms with van der Waals surface area (Å²) in [6, 6.07) is 6.18. The highest BCUT2D eigenvalue weighted by Gasteiger charge is 2.34. The van der Waals surface area contributed by atoms with Gasteiger partial charge in [-0.1, -0.05) is 11.3 Å². The van der Waals surface area contributed by atoms with Crippen LogP contribution in [0.2, 0.25) is 0 Å². The first kappa shape index (κ1) is 13.5. The minimum absolute atomic E-state index is 0.113. The SMILES string of the molecule is Cc1ccc(C(=O)N2CC(n3cc(C4CC4)nn3)C2)cc1C. The average Bonchev–Trinajstić information content (AvgIpc) is 3.20. The maximum atomic E-state index is 12.5. The third kappa shape index (κ3) is 2.30. The number of hydrogen-bond acceptors (Lipinski definition) is 3. The Labute approximate surface area is 129 Å². The molecule has 1 aliphatic heterocycles. The first-order valence-electron chi connectivity index (χ1n) is 7.90. The predicted molar refractivity (Wildman–Crippen MR) is 82.9 cm³/mol. The van der Waals surface area contributed by atoms with E-state index in [1.807, 2.05) is 34.7 Å². The number of hydrogen-bond donors (Lipinski definition) is 0. The van der Waals surface area contributed by atoms with Crippen LogP contribution in [0.1, 0.15) is 52.0 Å². The molecule has 1 aromatic heterocycles. The highest BCUT2D eigenvalue weighted by Crippen LogP contribution is 2.39. The fourth-order valence-corrected chi connectivity index (χ4v) is 2.88. The van der Waals surface area contributed by atoms with Crippen LogP contribution in [0.15, 0.2) is 24.4 Å². The van der Waals surface area contributed by atoms with E-state index in [0.717, 1.165) is 29.9 Å². The van der Waals surface area contributed by atoms with Gasteiger partial charge in [0.1, 0.15) is 0 Å². The molecule has 1 aliphatic carbocycles. The average molecular weight is 296 g/mol. The van der Waals surface area contributed by atoms with Gasteiger partial charge in [0.25, 0.3) is 5.91 Å². The molecule has 0 atom stereocenters. The monoisotopic (exact) mass is 296 g/mol. The third-order valence-corrected chi connectivity index (χ3v) is 4.80. The lowest BCUT2D eigenvalue weighted by Crippen LogP contribution is -2.50. The molecule has 0 radical (unpaired) electrons. The van der Waals surface area contributed by atoms with Crippen LogP contribution in [0.3, 0.4) is 0 Å². The zero-order valence-corrected chi connectivity index (χ0v) is 13.0. The van der Waals surface area contributed by atoms with Gasteiger partial charge in [-0.15, -0.1) is 5.10 Å². The van der Waals surface area contributed by atoms with E-state index in [1.54, 1.807) is 0 Å². The van der Waals surface area contributed by atoms with E-state index in [9.17, 15) is 4.79 Å². The normalized spacial score (nSPS) is 18.4. The molecule has 2 aliphatic rings. The zero-order valence-electron chi connectivity index (χ0n) is 13.0. The van der Waals surface area contributed by atoms with Crippen LogP contribution in [0.25, 0.3) is 0 Å². The van der Waals surface area contributed by atoms with Gasteiger partial charge in [-0.25, -0.2) is 4.68 Å². The number of rotatable bonds is 3. The number of nitrogens with zero attached hydrogens (tertiary/aromatic N) is 4. The van der Waals surface area contributed by atoms with Gasteiger partial charge in [-0.3, -0.25) is 4.79 Å². The van der Waals surface area contributed by atoms with Gasteiger partial charge in [0.05, 0.1) is 11.7 Å². The Kier molecular flexibility index (Phi) is 3.03. The topological polar surface area (TPSA) is 51.0 Å². The van der Waals surface area contributed by atoms with Crippen LogP contribution >= 0.6 is 0 Å². The molecule has 2 heterocycles. The lowest BCUT2D eigenvalue weighted by molar-refractivity contribution is 0.0498. The van der Waals surface area contributed by atoms with Crippen LogP contribution in [0.5, 0.6) is 0 Å². The number of carbonyl (C=O) groups excluding carboxylic acids is 1. The fourth-order valence-electron chi connectivity index (χ4n) is 2.88. The van der Waals surface area contributed by atoms with Crippen molar-refractivity contribution in [3.05, 3.63) is 46.8 Å². The molecule has 0 unspecified atom stereocenters. The summed E-state index contributed by atoms with van der Waals surface area (Å²) in [5, 5.41) is 8.46. The van der Waals surface area contributed by atoms with Gasteiger partial charge >= 0.3 is 0 Å². The Morgan fingerprint density at radius 2 is 1.95 bits per heavy atom. The van der Waals surface area contributed by atoms with Crippen molar-refractivity contribution in [1.82, 2.24) is 19.9 Å². The molecular formula is C17H20N4O. The lowest BCUT2D eigenvalue weighted by atomic mass is 10.0. The Morgan fingerprint density at radius 1 is 1.18 bits per heavy atom. The van der Waals surface area contributed by atoms with Crippen molar-refractivity contribution in [3.8, 4) is 0 Å². The Bertz CT molecular complexity index is 726. The molecule has 0 N–H and O–H groups in total. The first-order valence-corrected chi connectivity index (χ1v) is 7.90. The van der Waals surface area contributed by atoms with Gasteiger partial charge in [0, 0.05) is 30.8 Å². The second-order valence-corrected chi connectivity index (χ2v) is 6.56. The molecule has 5 heteroatoms. The molecule has 2 fully saturated rings. The van der Waals surface area contributed by atoms with Crippen molar-refractivity contribution in [2.24, 2.45) is 0 Å². The van der Waals surface area contributed by atoms with Crippen LogP contribution in [0, 0.1) is 13.8 Å². The molecule has 114 valence electrons. The summed E-state index contributed by atoms with van der Waals surface area (Å²) < 4.78 is 1.93. The minimum Gasteiger partial charge on any atom is -0.334 e. The van der Waals surface area contributed by atoms with Crippen LogP contribution in [-0.2, 0) is 0 Å². The highest BCUT2D eigenvalue weighted by molar-refractivity contribution is 5.95. The van der Waals surface area contributed by atoms with E-state index in [-0.39, 0.29) is 11.9 Å². The summed E-state index contributed by atoms with van der Waals surface area (Å²) >= 11 is 0. The van der Waals surface area contributed by atoms with Gasteiger partial charge in [0.15, 0.2) is 0 Å². The summed E-state index contributed by atoms with van der Waals surface area (Å²) in [4.78, 5) is 14.4. The Hall–Kier alpha value is -2.17. The van der Waals surface area contributed by atoms with E-state index >= 15 is 0 Å². The molecule has 2 aromatic rings. The van der Waals surface area contributed by atoms with Crippen molar-refractivity contribution in [1.29, 1.82) is 0 Å². The van der Waals surface area contributed by atoms with Crippen LogP contribution in [0.4, 0.5) is 0 Å². The molecule has 0 spiro atoms. The van der Waals surface area contributed by atoms with Gasteiger partial charge in [-0.05, 0) is 49.9 Å². The van der Waals surface area contributed by atoms with E-state index in [1.165, 1.54) is 18.4 Å². The standard InChI is InChI=1S/C17H20N4O/c1-11-3-4-14(7-12(11)2)17(22)20-8-15(9-20)21-10-16(18-19-21)13-5-6-13/h3-4,7,10,13,15H,5-6,8-9H2,1-2H3. The fraction of sp³-hybridized carbons (Fsp3) is 0.471. The van der Waals surface area contributed by atoms with Gasteiger partial charge in [0.2, 0.25) is 0 Å². The van der Waals surface area contributed by atoms with Crippen molar-refractivity contribution in [2.45, 2.75) is 38.6 Å². The molecule has 1 saturated carbocycles. The van der Waals surface area contributed by atoms with E-state index in [4.69, 9.17) is 0 Å². The van der Waals surface area contributed by atoms with E-state index < -0.39 is 0 Å². The first-order chi connectivity index (χ1) is 10.6. The summed E-state index contributed by atoms with van der Waals surface area (Å²) in [5.74, 6) is 0.740. The summed E-state index contributed by atoms with van der Waals surface area (Å²) in [6.45, 7) is 5.55. The molecule has 5 nitrogen and oxygen atoms in total. The molecule has 0 bridgehead atoms. The molecule has 1 amide bonds. The van der Waals surface area contributed by atoms with Crippen molar-refractivity contribution < 1.29 is 4.79 Å². The van der Waals surface area contributed by atoms with Crippen molar-refractivity contribution in [2.75, 3.05) is 13.1 Å². The van der Waals surface area contributed by atoms with Gasteiger partial charge < -0.3 is 4.90 Å². The maximum absolute atomic E-state index is 12.5. The number of benzene rings is 1. The highest BCUT2D eigenvalue weighted by atomic mass is 16.2. The third-order valence-electron chi connectivity index (χ3n) is 4.80. The van der Waals surface area contributed by atoms with Crippen molar-refractivity contribution >= 4 is 5.91 Å². The van der Waals surface area contributed by atoms with E-state index in [2.05, 4.69) is 23.4 Å². The van der Waals surface area contributed by atoms with Crippen molar-refractivity contribution in [3.63, 3.8) is 0 Å². The summed E-state index contributed by atoms with van der Waals surface area (Å²) in [5.41, 5.74) is 4.26. The van der Waals surface area contributed by atoms with Crippen LogP contribution < -0.4 is 0 Å². The smallest absolute Gasteiger partial charge is 0.254 e. The summed E-state index contributed by atoms with van der Waals surface area (Å²) in [6.07, 6.45) is 4.53. The van der Waals surface area contributed by atoms with E-state index in [0.29, 0.717) is 5.92 Å². The Balaban J connectivity index is 1.41. The van der Waals surface area contributed by atoms with Gasteiger partial charge in [-0.2, -0.15) is 0 Å². The number of aryl methyl sites for hydroxylation is 2. The summed E-state index contributed by atoms with van der Waals surface area (Å²) in [7, 11) is 0. The molecule has 22 heavy (non-hydrogen) atoms. The largest absolute Gasteiger partial charge is 0.334 e. The quantitative estimate of drug-likeness (QED) is 0.874. The molecular weight excluding hydrogens is 276 g/mol.